The predicted molar refractivity (Wildman–Crippen MR) is 104 cm³/mol. The van der Waals surface area contributed by atoms with E-state index in [0.29, 0.717) is 18.3 Å². The van der Waals surface area contributed by atoms with E-state index in [1.807, 2.05) is 4.90 Å². The molecule has 1 aromatic rings. The van der Waals surface area contributed by atoms with Crippen LogP contribution in [0.25, 0.3) is 0 Å². The molecule has 8 nitrogen and oxygen atoms in total. The minimum Gasteiger partial charge on any atom is -0.347 e. The Bertz CT molecular complexity index is 689. The van der Waals surface area contributed by atoms with Crippen LogP contribution in [0.4, 0.5) is 0 Å². The molecule has 1 saturated heterocycles. The van der Waals surface area contributed by atoms with E-state index in [0.717, 1.165) is 63.6 Å². The lowest BCUT2D eigenvalue weighted by Crippen LogP contribution is -2.44. The van der Waals surface area contributed by atoms with Gasteiger partial charge >= 0.3 is 0 Å². The molecule has 4 rings (SSSR count). The molecular formula is C20H32N6O2. The molecule has 2 amide bonds. The number of nitrogens with one attached hydrogen (secondary N) is 2. The van der Waals surface area contributed by atoms with E-state index < -0.39 is 0 Å². The smallest absolute Gasteiger partial charge is 0.241 e. The van der Waals surface area contributed by atoms with Gasteiger partial charge in [-0.05, 0) is 25.2 Å². The van der Waals surface area contributed by atoms with Crippen molar-refractivity contribution in [2.24, 2.45) is 5.92 Å². The fourth-order valence-electron chi connectivity index (χ4n) is 4.81. The summed E-state index contributed by atoms with van der Waals surface area (Å²) in [5.41, 5.74) is 0. The zero-order valence-corrected chi connectivity index (χ0v) is 16.7. The van der Waals surface area contributed by atoms with Gasteiger partial charge in [0.1, 0.15) is 11.6 Å². The van der Waals surface area contributed by atoms with E-state index in [4.69, 9.17) is 0 Å². The van der Waals surface area contributed by atoms with Crippen LogP contribution in [-0.4, -0.2) is 57.7 Å². The molecule has 0 atom stereocenters. The quantitative estimate of drug-likeness (QED) is 0.763. The Hall–Kier alpha value is -1.96. The van der Waals surface area contributed by atoms with Crippen LogP contribution in [0.3, 0.4) is 0 Å². The van der Waals surface area contributed by atoms with Crippen molar-refractivity contribution in [1.82, 2.24) is 30.3 Å². The number of carbonyl (C=O) groups is 2. The number of likely N-dealkylation sites (tertiary alicyclic amines) is 1. The van der Waals surface area contributed by atoms with Crippen LogP contribution in [-0.2, 0) is 22.7 Å². The maximum Gasteiger partial charge on any atom is 0.241 e. The summed E-state index contributed by atoms with van der Waals surface area (Å²) in [6.07, 6.45) is 8.45. The molecule has 0 radical (unpaired) electrons. The lowest BCUT2D eigenvalue weighted by molar-refractivity contribution is -0.133. The maximum absolute atomic E-state index is 12.5. The molecule has 0 unspecified atom stereocenters. The van der Waals surface area contributed by atoms with E-state index in [2.05, 4.69) is 25.4 Å². The first kappa shape index (κ1) is 19.4. The SMILES string of the molecule is O=C(CCC1CCCC1)NCC(=O)N1CCC(c2nnc3n2CCNC3)CC1. The van der Waals surface area contributed by atoms with E-state index in [1.54, 1.807) is 0 Å². The summed E-state index contributed by atoms with van der Waals surface area (Å²) in [6.45, 7) is 4.23. The zero-order valence-electron chi connectivity index (χ0n) is 16.7. The summed E-state index contributed by atoms with van der Waals surface area (Å²) in [4.78, 5) is 26.4. The minimum atomic E-state index is 0.0128. The van der Waals surface area contributed by atoms with Crippen molar-refractivity contribution in [3.05, 3.63) is 11.6 Å². The summed E-state index contributed by atoms with van der Waals surface area (Å²) >= 11 is 0. The van der Waals surface area contributed by atoms with Crippen molar-refractivity contribution in [2.75, 3.05) is 26.2 Å². The third-order valence-corrected chi connectivity index (χ3v) is 6.56. The Labute approximate surface area is 166 Å². The topological polar surface area (TPSA) is 92.2 Å². The Morgan fingerprint density at radius 2 is 1.86 bits per heavy atom. The lowest BCUT2D eigenvalue weighted by atomic mass is 9.95. The third-order valence-electron chi connectivity index (χ3n) is 6.56. The number of fused-ring (bicyclic) bond motifs is 1. The predicted octanol–water partition coefficient (Wildman–Crippen LogP) is 1.17. The van der Waals surface area contributed by atoms with Crippen molar-refractivity contribution >= 4 is 11.8 Å². The Morgan fingerprint density at radius 3 is 2.64 bits per heavy atom. The number of nitrogens with zero attached hydrogens (tertiary/aromatic N) is 4. The standard InChI is InChI=1S/C20H32N6O2/c27-18(6-5-15-3-1-2-4-15)22-14-19(28)25-10-7-16(8-11-25)20-24-23-17-13-21-9-12-26(17)20/h15-16,21H,1-14H2,(H,22,27). The van der Waals surface area contributed by atoms with Gasteiger partial charge < -0.3 is 20.1 Å². The summed E-state index contributed by atoms with van der Waals surface area (Å²) in [5.74, 6) is 3.20. The molecule has 2 fully saturated rings. The van der Waals surface area contributed by atoms with Gasteiger partial charge in [-0.1, -0.05) is 25.7 Å². The van der Waals surface area contributed by atoms with Crippen molar-refractivity contribution in [1.29, 1.82) is 0 Å². The molecule has 2 aliphatic heterocycles. The number of hydrogen-bond acceptors (Lipinski definition) is 5. The van der Waals surface area contributed by atoms with Crippen LogP contribution in [0.1, 0.15) is 68.9 Å². The molecule has 0 spiro atoms. The Morgan fingerprint density at radius 1 is 1.07 bits per heavy atom. The molecule has 1 aliphatic carbocycles. The average molecular weight is 389 g/mol. The van der Waals surface area contributed by atoms with E-state index in [9.17, 15) is 9.59 Å². The van der Waals surface area contributed by atoms with Gasteiger partial charge in [0.15, 0.2) is 0 Å². The highest BCUT2D eigenvalue weighted by Crippen LogP contribution is 2.29. The number of hydrogen-bond donors (Lipinski definition) is 2. The lowest BCUT2D eigenvalue weighted by Gasteiger charge is -2.32. The molecule has 1 saturated carbocycles. The summed E-state index contributed by atoms with van der Waals surface area (Å²) < 4.78 is 2.24. The number of carbonyl (C=O) groups excluding carboxylic acids is 2. The molecular weight excluding hydrogens is 356 g/mol. The molecule has 0 bridgehead atoms. The van der Waals surface area contributed by atoms with E-state index in [-0.39, 0.29) is 18.4 Å². The molecule has 154 valence electrons. The first-order chi connectivity index (χ1) is 13.7. The van der Waals surface area contributed by atoms with Crippen molar-refractivity contribution in [2.45, 2.75) is 70.4 Å². The zero-order chi connectivity index (χ0) is 19.3. The summed E-state index contributed by atoms with van der Waals surface area (Å²) in [5, 5.41) is 14.9. The van der Waals surface area contributed by atoms with Crippen LogP contribution in [0.15, 0.2) is 0 Å². The van der Waals surface area contributed by atoms with Crippen LogP contribution in [0, 0.1) is 5.92 Å². The van der Waals surface area contributed by atoms with Gasteiger partial charge in [0.05, 0.1) is 13.1 Å². The van der Waals surface area contributed by atoms with Gasteiger partial charge in [-0.3, -0.25) is 9.59 Å². The van der Waals surface area contributed by atoms with Crippen LogP contribution in [0.5, 0.6) is 0 Å². The number of piperidine rings is 1. The molecule has 1 aromatic heterocycles. The van der Waals surface area contributed by atoms with Crippen LogP contribution < -0.4 is 10.6 Å². The second-order valence-electron chi connectivity index (χ2n) is 8.42. The van der Waals surface area contributed by atoms with E-state index >= 15 is 0 Å². The fraction of sp³-hybridized carbons (Fsp3) is 0.800. The third kappa shape index (κ3) is 4.54. The molecule has 2 N–H and O–H groups in total. The highest BCUT2D eigenvalue weighted by molar-refractivity contribution is 5.84. The van der Waals surface area contributed by atoms with Gasteiger partial charge in [-0.15, -0.1) is 10.2 Å². The van der Waals surface area contributed by atoms with Gasteiger partial charge in [0.2, 0.25) is 11.8 Å². The van der Waals surface area contributed by atoms with Gasteiger partial charge in [-0.2, -0.15) is 0 Å². The van der Waals surface area contributed by atoms with E-state index in [1.165, 1.54) is 25.7 Å². The number of rotatable bonds is 6. The molecule has 3 aliphatic rings. The van der Waals surface area contributed by atoms with Crippen LogP contribution >= 0.6 is 0 Å². The largest absolute Gasteiger partial charge is 0.347 e. The monoisotopic (exact) mass is 388 g/mol. The maximum atomic E-state index is 12.5. The fourth-order valence-corrected chi connectivity index (χ4v) is 4.81. The molecule has 8 heteroatoms. The first-order valence-corrected chi connectivity index (χ1v) is 10.9. The normalized spacial score (nSPS) is 20.9. The Balaban J connectivity index is 1.19. The van der Waals surface area contributed by atoms with Crippen molar-refractivity contribution < 1.29 is 9.59 Å². The number of aromatic nitrogens is 3. The molecule has 0 aromatic carbocycles. The van der Waals surface area contributed by atoms with Gasteiger partial charge in [0, 0.05) is 38.5 Å². The second kappa shape index (κ2) is 9.03. The van der Waals surface area contributed by atoms with Gasteiger partial charge in [-0.25, -0.2) is 0 Å². The first-order valence-electron chi connectivity index (χ1n) is 10.9. The summed E-state index contributed by atoms with van der Waals surface area (Å²) in [6, 6.07) is 0. The minimum absolute atomic E-state index is 0.0128. The van der Waals surface area contributed by atoms with Crippen molar-refractivity contribution in [3.8, 4) is 0 Å². The van der Waals surface area contributed by atoms with Crippen molar-refractivity contribution in [3.63, 3.8) is 0 Å². The highest BCUT2D eigenvalue weighted by Gasteiger charge is 2.28. The summed E-state index contributed by atoms with van der Waals surface area (Å²) in [7, 11) is 0. The average Bonchev–Trinajstić information content (AvgIpc) is 3.40. The second-order valence-corrected chi connectivity index (χ2v) is 8.42. The number of amides is 2. The van der Waals surface area contributed by atoms with Crippen LogP contribution in [0.2, 0.25) is 0 Å². The molecule has 3 heterocycles. The molecule has 28 heavy (non-hydrogen) atoms. The highest BCUT2D eigenvalue weighted by atomic mass is 16.2. The Kier molecular flexibility index (Phi) is 6.24. The van der Waals surface area contributed by atoms with Gasteiger partial charge in [0.25, 0.3) is 0 Å².